The summed E-state index contributed by atoms with van der Waals surface area (Å²) in [5.74, 6) is 0.768. The molecule has 0 fully saturated rings. The number of azide groups is 1. The van der Waals surface area contributed by atoms with Crippen LogP contribution < -0.4 is 0 Å². The third-order valence-electron chi connectivity index (χ3n) is 1.95. The molecule has 1 aromatic heterocycles. The standard InChI is InChI=1S/C10H8N4O/c1-7-6-10(13-15-7)8-2-4-9(5-3-8)12-14-11/h2-6H,1H3. The van der Waals surface area contributed by atoms with Crippen molar-refractivity contribution < 1.29 is 4.52 Å². The van der Waals surface area contributed by atoms with E-state index in [1.54, 1.807) is 12.1 Å². The molecule has 0 unspecified atom stereocenters. The predicted octanol–water partition coefficient (Wildman–Crippen LogP) is 3.59. The Labute approximate surface area is 86.0 Å². The molecule has 0 amide bonds. The van der Waals surface area contributed by atoms with Crippen molar-refractivity contribution in [3.8, 4) is 11.3 Å². The Kier molecular flexibility index (Phi) is 2.39. The number of benzene rings is 1. The van der Waals surface area contributed by atoms with Gasteiger partial charge in [0.05, 0.1) is 0 Å². The second-order valence-electron chi connectivity index (χ2n) is 3.06. The Hall–Kier alpha value is -2.26. The van der Waals surface area contributed by atoms with Crippen molar-refractivity contribution in [3.63, 3.8) is 0 Å². The lowest BCUT2D eigenvalue weighted by Gasteiger charge is -1.95. The maximum atomic E-state index is 8.24. The molecule has 0 atom stereocenters. The van der Waals surface area contributed by atoms with E-state index in [0.717, 1.165) is 17.0 Å². The quantitative estimate of drug-likeness (QED) is 0.422. The molecule has 0 aliphatic carbocycles. The van der Waals surface area contributed by atoms with Crippen LogP contribution in [-0.2, 0) is 0 Å². The highest BCUT2D eigenvalue weighted by Crippen LogP contribution is 2.22. The summed E-state index contributed by atoms with van der Waals surface area (Å²) in [6.07, 6.45) is 0. The molecule has 1 aromatic carbocycles. The van der Waals surface area contributed by atoms with E-state index >= 15 is 0 Å². The summed E-state index contributed by atoms with van der Waals surface area (Å²) in [5, 5.41) is 7.37. The summed E-state index contributed by atoms with van der Waals surface area (Å²) in [7, 11) is 0. The topological polar surface area (TPSA) is 74.8 Å². The third kappa shape index (κ3) is 1.98. The summed E-state index contributed by atoms with van der Waals surface area (Å²) in [5.41, 5.74) is 10.5. The molecule has 5 heteroatoms. The van der Waals surface area contributed by atoms with E-state index in [9.17, 15) is 0 Å². The number of aromatic nitrogens is 1. The predicted molar refractivity (Wildman–Crippen MR) is 55.5 cm³/mol. The van der Waals surface area contributed by atoms with Gasteiger partial charge in [-0.1, -0.05) is 34.5 Å². The van der Waals surface area contributed by atoms with Crippen LogP contribution >= 0.6 is 0 Å². The van der Waals surface area contributed by atoms with Gasteiger partial charge >= 0.3 is 0 Å². The summed E-state index contributed by atoms with van der Waals surface area (Å²) in [4.78, 5) is 2.70. The van der Waals surface area contributed by atoms with Gasteiger partial charge in [-0.05, 0) is 12.5 Å². The van der Waals surface area contributed by atoms with Gasteiger partial charge in [-0.3, -0.25) is 0 Å². The minimum absolute atomic E-state index is 0.585. The molecule has 5 nitrogen and oxygen atoms in total. The van der Waals surface area contributed by atoms with E-state index in [4.69, 9.17) is 10.1 Å². The van der Waals surface area contributed by atoms with E-state index in [0.29, 0.717) is 5.69 Å². The van der Waals surface area contributed by atoms with E-state index in [1.807, 2.05) is 25.1 Å². The first-order valence-corrected chi connectivity index (χ1v) is 4.38. The van der Waals surface area contributed by atoms with Gasteiger partial charge in [0.25, 0.3) is 0 Å². The SMILES string of the molecule is Cc1cc(-c2ccc(N=[N+]=[N-])cc2)no1. The van der Waals surface area contributed by atoms with Crippen LogP contribution in [0.1, 0.15) is 5.76 Å². The molecule has 15 heavy (non-hydrogen) atoms. The van der Waals surface area contributed by atoms with Crippen molar-refractivity contribution in [2.75, 3.05) is 0 Å². The Morgan fingerprint density at radius 3 is 2.60 bits per heavy atom. The minimum atomic E-state index is 0.585. The lowest BCUT2D eigenvalue weighted by atomic mass is 10.1. The smallest absolute Gasteiger partial charge is 0.134 e. The molecule has 74 valence electrons. The molecule has 2 rings (SSSR count). The maximum Gasteiger partial charge on any atom is 0.134 e. The van der Waals surface area contributed by atoms with Crippen LogP contribution in [0.5, 0.6) is 0 Å². The monoisotopic (exact) mass is 200 g/mol. The van der Waals surface area contributed by atoms with E-state index < -0.39 is 0 Å². The molecule has 0 bridgehead atoms. The Balaban J connectivity index is 2.35. The van der Waals surface area contributed by atoms with E-state index in [1.165, 1.54) is 0 Å². The summed E-state index contributed by atoms with van der Waals surface area (Å²) in [6.45, 7) is 1.84. The summed E-state index contributed by atoms with van der Waals surface area (Å²) >= 11 is 0. The highest BCUT2D eigenvalue weighted by Gasteiger charge is 2.02. The van der Waals surface area contributed by atoms with Gasteiger partial charge in [0.2, 0.25) is 0 Å². The zero-order valence-corrected chi connectivity index (χ0v) is 8.08. The van der Waals surface area contributed by atoms with E-state index in [-0.39, 0.29) is 0 Å². The summed E-state index contributed by atoms with van der Waals surface area (Å²) in [6, 6.07) is 8.99. The summed E-state index contributed by atoms with van der Waals surface area (Å²) < 4.78 is 4.96. The van der Waals surface area contributed by atoms with Gasteiger partial charge in [-0.25, -0.2) is 0 Å². The molecule has 0 aliphatic rings. The number of hydrogen-bond donors (Lipinski definition) is 0. The second-order valence-corrected chi connectivity index (χ2v) is 3.06. The lowest BCUT2D eigenvalue weighted by Crippen LogP contribution is -1.74. The zero-order chi connectivity index (χ0) is 10.7. The van der Waals surface area contributed by atoms with Crippen LogP contribution in [0.25, 0.3) is 21.7 Å². The van der Waals surface area contributed by atoms with Crippen LogP contribution in [0.3, 0.4) is 0 Å². The van der Waals surface area contributed by atoms with Crippen LogP contribution in [0.4, 0.5) is 5.69 Å². The van der Waals surface area contributed by atoms with Gasteiger partial charge in [0.1, 0.15) is 11.5 Å². The second kappa shape index (κ2) is 3.86. The largest absolute Gasteiger partial charge is 0.361 e. The van der Waals surface area contributed by atoms with Crippen molar-refractivity contribution in [3.05, 3.63) is 46.5 Å². The molecular weight excluding hydrogens is 192 g/mol. The van der Waals surface area contributed by atoms with Crippen molar-refractivity contribution in [2.45, 2.75) is 6.92 Å². The highest BCUT2D eigenvalue weighted by molar-refractivity contribution is 5.61. The highest BCUT2D eigenvalue weighted by atomic mass is 16.5. The minimum Gasteiger partial charge on any atom is -0.361 e. The first-order valence-electron chi connectivity index (χ1n) is 4.38. The molecule has 0 radical (unpaired) electrons. The Morgan fingerprint density at radius 1 is 1.33 bits per heavy atom. The average Bonchev–Trinajstić information content (AvgIpc) is 2.67. The number of rotatable bonds is 2. The molecule has 0 N–H and O–H groups in total. The molecule has 1 heterocycles. The molecule has 2 aromatic rings. The molecule has 0 saturated heterocycles. The van der Waals surface area contributed by atoms with Gasteiger partial charge < -0.3 is 4.52 Å². The fourth-order valence-electron chi connectivity index (χ4n) is 1.25. The normalized spacial score (nSPS) is 9.67. The van der Waals surface area contributed by atoms with Gasteiger partial charge in [0, 0.05) is 22.2 Å². The zero-order valence-electron chi connectivity index (χ0n) is 8.08. The van der Waals surface area contributed by atoms with Crippen molar-refractivity contribution in [1.29, 1.82) is 0 Å². The molecular formula is C10H8N4O. The molecule has 0 saturated carbocycles. The van der Waals surface area contributed by atoms with Crippen LogP contribution in [0.15, 0.2) is 40.0 Å². The average molecular weight is 200 g/mol. The first-order chi connectivity index (χ1) is 7.29. The molecule has 0 spiro atoms. The van der Waals surface area contributed by atoms with Crippen molar-refractivity contribution in [1.82, 2.24) is 5.16 Å². The van der Waals surface area contributed by atoms with Gasteiger partial charge in [-0.2, -0.15) is 0 Å². The van der Waals surface area contributed by atoms with Gasteiger partial charge in [0.15, 0.2) is 0 Å². The maximum absolute atomic E-state index is 8.24. The van der Waals surface area contributed by atoms with Gasteiger partial charge in [-0.15, -0.1) is 0 Å². The van der Waals surface area contributed by atoms with Crippen molar-refractivity contribution in [2.24, 2.45) is 5.11 Å². The third-order valence-corrected chi connectivity index (χ3v) is 1.95. The molecule has 0 aliphatic heterocycles. The van der Waals surface area contributed by atoms with Crippen LogP contribution in [0, 0.1) is 6.92 Å². The fraction of sp³-hybridized carbons (Fsp3) is 0.100. The van der Waals surface area contributed by atoms with Crippen LogP contribution in [-0.4, -0.2) is 5.16 Å². The number of aryl methyl sites for hydroxylation is 1. The van der Waals surface area contributed by atoms with E-state index in [2.05, 4.69) is 15.2 Å². The number of hydrogen-bond acceptors (Lipinski definition) is 3. The Morgan fingerprint density at radius 2 is 2.07 bits per heavy atom. The fourth-order valence-corrected chi connectivity index (χ4v) is 1.25. The number of nitrogens with zero attached hydrogens (tertiary/aromatic N) is 4. The Bertz CT molecular complexity index is 508. The lowest BCUT2D eigenvalue weighted by molar-refractivity contribution is 0.399. The van der Waals surface area contributed by atoms with Crippen LogP contribution in [0.2, 0.25) is 0 Å². The van der Waals surface area contributed by atoms with Crippen molar-refractivity contribution >= 4 is 5.69 Å². The first kappa shape index (κ1) is 9.30.